The summed E-state index contributed by atoms with van der Waals surface area (Å²) in [5.74, 6) is 0.465. The third-order valence-corrected chi connectivity index (χ3v) is 5.19. The van der Waals surface area contributed by atoms with E-state index in [-0.39, 0.29) is 17.6 Å². The van der Waals surface area contributed by atoms with Gasteiger partial charge in [-0.1, -0.05) is 60.5 Å². The zero-order valence-corrected chi connectivity index (χ0v) is 13.9. The summed E-state index contributed by atoms with van der Waals surface area (Å²) in [5, 5.41) is 0.609. The first kappa shape index (κ1) is 15.4. The lowest BCUT2D eigenvalue weighted by Gasteiger charge is -2.19. The van der Waals surface area contributed by atoms with E-state index in [1.54, 1.807) is 7.11 Å². The van der Waals surface area contributed by atoms with Crippen molar-refractivity contribution in [1.82, 2.24) is 0 Å². The van der Waals surface area contributed by atoms with Crippen LogP contribution in [0.2, 0.25) is 10.0 Å². The van der Waals surface area contributed by atoms with Crippen LogP contribution in [0.5, 0.6) is 5.75 Å². The summed E-state index contributed by atoms with van der Waals surface area (Å²) in [7, 11) is 1.55. The van der Waals surface area contributed by atoms with E-state index in [1.807, 2.05) is 43.3 Å². The molecule has 2 atom stereocenters. The van der Waals surface area contributed by atoms with Gasteiger partial charge < -0.3 is 4.74 Å². The molecule has 0 unspecified atom stereocenters. The summed E-state index contributed by atoms with van der Waals surface area (Å²) in [6.07, 6.45) is 0.753. The fraction of sp³-hybridized carbons (Fsp3) is 0.278. The van der Waals surface area contributed by atoms with Crippen molar-refractivity contribution in [3.63, 3.8) is 0 Å². The van der Waals surface area contributed by atoms with Crippen LogP contribution in [0.1, 0.15) is 40.7 Å². The first-order valence-corrected chi connectivity index (χ1v) is 8.00. The smallest absolute Gasteiger partial charge is 0.168 e. The molecule has 0 N–H and O–H groups in total. The van der Waals surface area contributed by atoms with E-state index in [9.17, 15) is 4.79 Å². The van der Waals surface area contributed by atoms with Crippen LogP contribution in [0, 0.1) is 5.92 Å². The Morgan fingerprint density at radius 3 is 2.41 bits per heavy atom. The predicted octanol–water partition coefficient (Wildman–Crippen LogP) is 5.36. The van der Waals surface area contributed by atoms with Gasteiger partial charge in [0.1, 0.15) is 10.8 Å². The highest BCUT2D eigenvalue weighted by Gasteiger charge is 2.42. The number of carbonyl (C=O) groups excluding carboxylic acids is 1. The fourth-order valence-corrected chi connectivity index (χ4v) is 3.83. The van der Waals surface area contributed by atoms with Gasteiger partial charge in [0, 0.05) is 17.4 Å². The van der Waals surface area contributed by atoms with Crippen LogP contribution in [0.3, 0.4) is 0 Å². The number of hydrogen-bond acceptors (Lipinski definition) is 2. The third-order valence-electron chi connectivity index (χ3n) is 4.34. The van der Waals surface area contributed by atoms with Gasteiger partial charge in [0.15, 0.2) is 5.78 Å². The van der Waals surface area contributed by atoms with Gasteiger partial charge in [-0.05, 0) is 23.6 Å². The van der Waals surface area contributed by atoms with E-state index in [0.717, 1.165) is 17.5 Å². The highest BCUT2D eigenvalue weighted by molar-refractivity contribution is 6.45. The molecule has 1 aliphatic carbocycles. The Morgan fingerprint density at radius 1 is 1.14 bits per heavy atom. The van der Waals surface area contributed by atoms with E-state index in [4.69, 9.17) is 27.9 Å². The van der Waals surface area contributed by atoms with Crippen molar-refractivity contribution in [3.8, 4) is 5.75 Å². The second-order valence-electron chi connectivity index (χ2n) is 5.44. The lowest BCUT2D eigenvalue weighted by molar-refractivity contribution is 0.0926. The number of ketones is 1. The molecular formula is C18H16Cl2O2. The molecule has 0 aliphatic heterocycles. The standard InChI is InChI=1S/C18H16Cl2O2/c1-3-11-14(10-7-5-4-6-8-10)12-9-13(22-2)16(19)17(20)15(12)18(11)21/h4-9,11,14H,3H2,1-2H3/t11-,14+/m1/s1. The number of halogens is 2. The summed E-state index contributed by atoms with van der Waals surface area (Å²) in [4.78, 5) is 12.8. The van der Waals surface area contributed by atoms with Gasteiger partial charge >= 0.3 is 0 Å². The highest BCUT2D eigenvalue weighted by Crippen LogP contribution is 2.50. The van der Waals surface area contributed by atoms with E-state index >= 15 is 0 Å². The van der Waals surface area contributed by atoms with E-state index in [0.29, 0.717) is 21.4 Å². The summed E-state index contributed by atoms with van der Waals surface area (Å²) in [5.41, 5.74) is 2.57. The summed E-state index contributed by atoms with van der Waals surface area (Å²) in [6.45, 7) is 2.02. The number of Topliss-reactive ketones (excluding diaryl/α,β-unsaturated/α-hetero) is 1. The van der Waals surface area contributed by atoms with Crippen molar-refractivity contribution >= 4 is 29.0 Å². The molecule has 0 fully saturated rings. The maximum Gasteiger partial charge on any atom is 0.168 e. The fourth-order valence-electron chi connectivity index (χ4n) is 3.31. The molecule has 0 aromatic heterocycles. The molecule has 114 valence electrons. The second-order valence-corrected chi connectivity index (χ2v) is 6.19. The molecule has 4 heteroatoms. The minimum absolute atomic E-state index is 0.00244. The maximum atomic E-state index is 12.8. The van der Waals surface area contributed by atoms with Crippen molar-refractivity contribution in [3.05, 3.63) is 63.1 Å². The van der Waals surface area contributed by atoms with Crippen LogP contribution >= 0.6 is 23.2 Å². The Labute approximate surface area is 140 Å². The lowest BCUT2D eigenvalue weighted by atomic mass is 9.84. The summed E-state index contributed by atoms with van der Waals surface area (Å²) < 4.78 is 5.31. The minimum atomic E-state index is -0.113. The quantitative estimate of drug-likeness (QED) is 0.755. The number of methoxy groups -OCH3 is 1. The van der Waals surface area contributed by atoms with Crippen LogP contribution in [-0.4, -0.2) is 12.9 Å². The Bertz CT molecular complexity index is 726. The molecule has 0 radical (unpaired) electrons. The SMILES string of the molecule is CC[C@H]1C(=O)c2c(cc(OC)c(Cl)c2Cl)[C@H]1c1ccccc1. The van der Waals surface area contributed by atoms with Gasteiger partial charge in [-0.25, -0.2) is 0 Å². The highest BCUT2D eigenvalue weighted by atomic mass is 35.5. The molecule has 22 heavy (non-hydrogen) atoms. The number of benzene rings is 2. The van der Waals surface area contributed by atoms with Crippen LogP contribution in [0.25, 0.3) is 0 Å². The van der Waals surface area contributed by atoms with Crippen molar-refractivity contribution in [2.24, 2.45) is 5.92 Å². The monoisotopic (exact) mass is 334 g/mol. The second kappa shape index (κ2) is 5.94. The molecule has 0 amide bonds. The van der Waals surface area contributed by atoms with E-state index in [2.05, 4.69) is 0 Å². The molecule has 0 heterocycles. The number of ether oxygens (including phenoxy) is 1. The molecule has 2 aromatic carbocycles. The van der Waals surface area contributed by atoms with Gasteiger partial charge in [0.2, 0.25) is 0 Å². The Morgan fingerprint density at radius 2 is 1.82 bits per heavy atom. The van der Waals surface area contributed by atoms with Crippen LogP contribution < -0.4 is 4.74 Å². The van der Waals surface area contributed by atoms with Gasteiger partial charge in [-0.3, -0.25) is 4.79 Å². The zero-order chi connectivity index (χ0) is 15.9. The molecule has 0 saturated carbocycles. The van der Waals surface area contributed by atoms with Crippen molar-refractivity contribution in [1.29, 1.82) is 0 Å². The Kier molecular flexibility index (Phi) is 4.16. The molecule has 1 aliphatic rings. The number of carbonyl (C=O) groups is 1. The average Bonchev–Trinajstić information content (AvgIpc) is 2.83. The van der Waals surface area contributed by atoms with Gasteiger partial charge in [-0.15, -0.1) is 0 Å². The van der Waals surface area contributed by atoms with Crippen LogP contribution in [0.15, 0.2) is 36.4 Å². The summed E-state index contributed by atoms with van der Waals surface area (Å²) in [6, 6.07) is 11.9. The largest absolute Gasteiger partial charge is 0.495 e. The van der Waals surface area contributed by atoms with Crippen LogP contribution in [0.4, 0.5) is 0 Å². The first-order valence-electron chi connectivity index (χ1n) is 7.25. The molecule has 2 aromatic rings. The normalized spacial score (nSPS) is 20.1. The molecule has 0 saturated heterocycles. The average molecular weight is 335 g/mol. The van der Waals surface area contributed by atoms with Crippen molar-refractivity contribution < 1.29 is 9.53 Å². The number of hydrogen-bond donors (Lipinski definition) is 0. The Balaban J connectivity index is 2.26. The van der Waals surface area contributed by atoms with Crippen molar-refractivity contribution in [2.45, 2.75) is 19.3 Å². The van der Waals surface area contributed by atoms with E-state index in [1.165, 1.54) is 0 Å². The molecule has 0 bridgehead atoms. The predicted molar refractivity (Wildman–Crippen MR) is 89.4 cm³/mol. The zero-order valence-electron chi connectivity index (χ0n) is 12.4. The summed E-state index contributed by atoms with van der Waals surface area (Å²) >= 11 is 12.6. The van der Waals surface area contributed by atoms with E-state index < -0.39 is 0 Å². The molecule has 3 rings (SSSR count). The molecule has 0 spiro atoms. The number of rotatable bonds is 3. The maximum absolute atomic E-state index is 12.8. The van der Waals surface area contributed by atoms with Gasteiger partial charge in [0.25, 0.3) is 0 Å². The lowest BCUT2D eigenvalue weighted by Crippen LogP contribution is -2.13. The Hall–Kier alpha value is -1.51. The molecular weight excluding hydrogens is 319 g/mol. The van der Waals surface area contributed by atoms with Gasteiger partial charge in [-0.2, -0.15) is 0 Å². The number of fused-ring (bicyclic) bond motifs is 1. The topological polar surface area (TPSA) is 26.3 Å². The van der Waals surface area contributed by atoms with Crippen LogP contribution in [-0.2, 0) is 0 Å². The third kappa shape index (κ3) is 2.22. The molecule has 2 nitrogen and oxygen atoms in total. The van der Waals surface area contributed by atoms with Gasteiger partial charge in [0.05, 0.1) is 12.1 Å². The first-order chi connectivity index (χ1) is 10.6. The van der Waals surface area contributed by atoms with Crippen molar-refractivity contribution in [2.75, 3.05) is 7.11 Å². The minimum Gasteiger partial charge on any atom is -0.495 e.